The Morgan fingerprint density at radius 2 is 2.00 bits per heavy atom. The number of nitrogens with one attached hydrogen (secondary N) is 1. The lowest BCUT2D eigenvalue weighted by atomic mass is 10.3. The van der Waals surface area contributed by atoms with E-state index < -0.39 is 17.5 Å². The van der Waals surface area contributed by atoms with Crippen molar-refractivity contribution >= 4 is 23.4 Å². The minimum absolute atomic E-state index is 0.0653. The van der Waals surface area contributed by atoms with Crippen LogP contribution in [-0.4, -0.2) is 27.6 Å². The number of hydrogen-bond donors (Lipinski definition) is 1. The average Bonchev–Trinajstić information content (AvgIpc) is 2.70. The molecule has 0 saturated heterocycles. The van der Waals surface area contributed by atoms with Gasteiger partial charge in [-0.05, 0) is 18.2 Å². The molecule has 7 nitrogen and oxygen atoms in total. The van der Waals surface area contributed by atoms with Crippen LogP contribution in [0.3, 0.4) is 0 Å². The SMILES string of the molecule is COc1cn(CC(=O)Nc2ccc(F)cc2F)c(CSc2ncccn2)cc1=O. The average molecular weight is 418 g/mol. The van der Waals surface area contributed by atoms with Gasteiger partial charge in [-0.25, -0.2) is 18.7 Å². The summed E-state index contributed by atoms with van der Waals surface area (Å²) in [4.78, 5) is 32.7. The predicted octanol–water partition coefficient (Wildman–Crippen LogP) is 2.86. The van der Waals surface area contributed by atoms with Gasteiger partial charge in [-0.15, -0.1) is 0 Å². The molecule has 2 aromatic heterocycles. The molecule has 0 atom stereocenters. The topological polar surface area (TPSA) is 86.1 Å². The smallest absolute Gasteiger partial charge is 0.244 e. The number of rotatable bonds is 7. The number of hydrogen-bond acceptors (Lipinski definition) is 6. The number of benzene rings is 1. The zero-order chi connectivity index (χ0) is 20.8. The molecule has 0 spiro atoms. The number of carbonyl (C=O) groups excluding carboxylic acids is 1. The monoisotopic (exact) mass is 418 g/mol. The van der Waals surface area contributed by atoms with Crippen LogP contribution in [0.15, 0.2) is 58.9 Å². The van der Waals surface area contributed by atoms with E-state index in [0.717, 1.165) is 12.1 Å². The molecule has 0 aliphatic rings. The van der Waals surface area contributed by atoms with Crippen LogP contribution in [0.4, 0.5) is 14.5 Å². The second-order valence-corrected chi connectivity index (χ2v) is 6.76. The van der Waals surface area contributed by atoms with Crippen molar-refractivity contribution in [3.05, 3.63) is 76.5 Å². The van der Waals surface area contributed by atoms with Gasteiger partial charge in [-0.1, -0.05) is 11.8 Å². The van der Waals surface area contributed by atoms with Crippen molar-refractivity contribution in [2.45, 2.75) is 17.5 Å². The van der Waals surface area contributed by atoms with Crippen molar-refractivity contribution in [2.75, 3.05) is 12.4 Å². The Morgan fingerprint density at radius 1 is 1.24 bits per heavy atom. The first kappa shape index (κ1) is 20.5. The van der Waals surface area contributed by atoms with Crippen LogP contribution < -0.4 is 15.5 Å². The summed E-state index contributed by atoms with van der Waals surface area (Å²) >= 11 is 1.29. The lowest BCUT2D eigenvalue weighted by molar-refractivity contribution is -0.116. The number of methoxy groups -OCH3 is 1. The van der Waals surface area contributed by atoms with Gasteiger partial charge in [0.25, 0.3) is 0 Å². The zero-order valence-corrected chi connectivity index (χ0v) is 16.1. The van der Waals surface area contributed by atoms with Crippen molar-refractivity contribution in [3.8, 4) is 5.75 Å². The summed E-state index contributed by atoms with van der Waals surface area (Å²) in [5, 5.41) is 2.90. The van der Waals surface area contributed by atoms with E-state index in [9.17, 15) is 18.4 Å². The number of thioether (sulfide) groups is 1. The summed E-state index contributed by atoms with van der Waals surface area (Å²) in [6.45, 7) is -0.209. The van der Waals surface area contributed by atoms with Gasteiger partial charge in [0.2, 0.25) is 11.3 Å². The second kappa shape index (κ2) is 9.28. The highest BCUT2D eigenvalue weighted by Gasteiger charge is 2.13. The largest absolute Gasteiger partial charge is 0.491 e. The molecule has 2 heterocycles. The van der Waals surface area contributed by atoms with Crippen molar-refractivity contribution in [2.24, 2.45) is 0 Å². The maximum Gasteiger partial charge on any atom is 0.244 e. The molecule has 0 radical (unpaired) electrons. The van der Waals surface area contributed by atoms with Crippen molar-refractivity contribution in [1.29, 1.82) is 0 Å². The minimum atomic E-state index is -0.882. The predicted molar refractivity (Wildman–Crippen MR) is 104 cm³/mol. The first-order valence-electron chi connectivity index (χ1n) is 8.38. The van der Waals surface area contributed by atoms with E-state index in [1.165, 1.54) is 35.7 Å². The fourth-order valence-corrected chi connectivity index (χ4v) is 3.25. The third-order valence-corrected chi connectivity index (χ3v) is 4.72. The lowest BCUT2D eigenvalue weighted by Crippen LogP contribution is -2.23. The van der Waals surface area contributed by atoms with Crippen molar-refractivity contribution in [1.82, 2.24) is 14.5 Å². The first-order chi connectivity index (χ1) is 14.0. The Balaban J connectivity index is 1.80. The van der Waals surface area contributed by atoms with Gasteiger partial charge >= 0.3 is 0 Å². The molecule has 0 aliphatic carbocycles. The van der Waals surface area contributed by atoms with Crippen LogP contribution in [0, 0.1) is 11.6 Å². The molecule has 0 aliphatic heterocycles. The number of carbonyl (C=O) groups is 1. The number of aromatic nitrogens is 3. The van der Waals surface area contributed by atoms with Crippen LogP contribution in [0.25, 0.3) is 0 Å². The Hall–Kier alpha value is -3.27. The number of ether oxygens (including phenoxy) is 1. The van der Waals surface area contributed by atoms with E-state index in [1.807, 2.05) is 0 Å². The Kier molecular flexibility index (Phi) is 6.55. The number of pyridine rings is 1. The van der Waals surface area contributed by atoms with Crippen molar-refractivity contribution in [3.63, 3.8) is 0 Å². The Bertz CT molecular complexity index is 1080. The molecule has 3 aromatic rings. The molecular weight excluding hydrogens is 402 g/mol. The molecule has 1 amide bonds. The summed E-state index contributed by atoms with van der Waals surface area (Å²) < 4.78 is 33.3. The highest BCUT2D eigenvalue weighted by molar-refractivity contribution is 7.98. The van der Waals surface area contributed by atoms with Gasteiger partial charge < -0.3 is 14.6 Å². The molecule has 150 valence electrons. The van der Waals surface area contributed by atoms with Crippen LogP contribution in [0.1, 0.15) is 5.69 Å². The molecule has 0 bridgehead atoms. The van der Waals surface area contributed by atoms with Crippen LogP contribution in [0.2, 0.25) is 0 Å². The highest BCUT2D eigenvalue weighted by atomic mass is 32.2. The summed E-state index contributed by atoms with van der Waals surface area (Å²) in [6.07, 6.45) is 4.60. The van der Waals surface area contributed by atoms with Gasteiger partial charge in [0, 0.05) is 36.0 Å². The number of anilines is 1. The van der Waals surface area contributed by atoms with E-state index in [4.69, 9.17) is 4.74 Å². The lowest BCUT2D eigenvalue weighted by Gasteiger charge is -2.15. The molecule has 1 N–H and O–H groups in total. The van der Waals surface area contributed by atoms with Gasteiger partial charge in [0.1, 0.15) is 18.2 Å². The summed E-state index contributed by atoms with van der Waals surface area (Å²) in [5.41, 5.74) is 0.0549. The molecule has 0 saturated carbocycles. The van der Waals surface area contributed by atoms with E-state index in [-0.39, 0.29) is 23.4 Å². The third-order valence-electron chi connectivity index (χ3n) is 3.81. The fraction of sp³-hybridized carbons (Fsp3) is 0.158. The molecule has 1 aromatic carbocycles. The molecule has 29 heavy (non-hydrogen) atoms. The summed E-state index contributed by atoms with van der Waals surface area (Å²) in [7, 11) is 1.35. The zero-order valence-electron chi connectivity index (χ0n) is 15.3. The maximum atomic E-state index is 13.8. The number of halogens is 2. The van der Waals surface area contributed by atoms with E-state index in [1.54, 1.807) is 18.5 Å². The minimum Gasteiger partial charge on any atom is -0.491 e. The maximum absolute atomic E-state index is 13.8. The number of nitrogens with zero attached hydrogens (tertiary/aromatic N) is 3. The Morgan fingerprint density at radius 3 is 2.69 bits per heavy atom. The first-order valence-corrected chi connectivity index (χ1v) is 9.37. The normalized spacial score (nSPS) is 10.6. The molecule has 0 unspecified atom stereocenters. The van der Waals surface area contributed by atoms with Crippen LogP contribution in [0.5, 0.6) is 5.75 Å². The second-order valence-electron chi connectivity index (χ2n) is 5.82. The molecule has 10 heteroatoms. The quantitative estimate of drug-likeness (QED) is 0.469. The van der Waals surface area contributed by atoms with Gasteiger partial charge in [-0.2, -0.15) is 0 Å². The summed E-state index contributed by atoms with van der Waals surface area (Å²) in [5.74, 6) is -1.79. The van der Waals surface area contributed by atoms with Crippen LogP contribution in [-0.2, 0) is 17.1 Å². The Labute approximate surface area is 168 Å². The number of amides is 1. The molecule has 0 fully saturated rings. The van der Waals surface area contributed by atoms with E-state index >= 15 is 0 Å². The van der Waals surface area contributed by atoms with Gasteiger partial charge in [-0.3, -0.25) is 9.59 Å². The highest BCUT2D eigenvalue weighted by Crippen LogP contribution is 2.20. The van der Waals surface area contributed by atoms with Crippen LogP contribution >= 0.6 is 11.8 Å². The third kappa shape index (κ3) is 5.38. The molecular formula is C19H16F2N4O3S. The van der Waals surface area contributed by atoms with E-state index in [0.29, 0.717) is 22.7 Å². The van der Waals surface area contributed by atoms with E-state index in [2.05, 4.69) is 15.3 Å². The summed E-state index contributed by atoms with van der Waals surface area (Å²) in [6, 6.07) is 5.91. The van der Waals surface area contributed by atoms with Gasteiger partial charge in [0.05, 0.1) is 19.0 Å². The van der Waals surface area contributed by atoms with Gasteiger partial charge in [0.15, 0.2) is 10.9 Å². The van der Waals surface area contributed by atoms with Crippen molar-refractivity contribution < 1.29 is 18.3 Å². The standard InChI is InChI=1S/C19H16F2N4O3S/c1-28-17-9-25(10-18(27)24-15-4-3-12(20)7-14(15)21)13(8-16(17)26)11-29-19-22-5-2-6-23-19/h2-9H,10-11H2,1H3,(H,24,27). The fourth-order valence-electron chi connectivity index (χ4n) is 2.45. The molecule has 3 rings (SSSR count).